The zero-order valence-corrected chi connectivity index (χ0v) is 11.3. The molecule has 2 N–H and O–H groups in total. The van der Waals surface area contributed by atoms with Crippen molar-refractivity contribution in [1.29, 1.82) is 5.26 Å². The van der Waals surface area contributed by atoms with E-state index in [4.69, 9.17) is 5.26 Å². The van der Waals surface area contributed by atoms with Crippen molar-refractivity contribution in [1.82, 2.24) is 20.2 Å². The van der Waals surface area contributed by atoms with Crippen LogP contribution in [0.2, 0.25) is 0 Å². The molecule has 1 aromatic carbocycles. The van der Waals surface area contributed by atoms with Gasteiger partial charge in [0.05, 0.1) is 22.7 Å². The van der Waals surface area contributed by atoms with Crippen LogP contribution in [0, 0.1) is 11.3 Å². The minimum Gasteiger partial charge on any atom is -0.272 e. The van der Waals surface area contributed by atoms with Gasteiger partial charge < -0.3 is 0 Å². The normalized spacial score (nSPS) is 10.6. The predicted octanol–water partition coefficient (Wildman–Crippen LogP) is -0.0284. The van der Waals surface area contributed by atoms with Gasteiger partial charge in [0.2, 0.25) is 0 Å². The van der Waals surface area contributed by atoms with Crippen LogP contribution in [0.1, 0.15) is 16.1 Å². The highest BCUT2D eigenvalue weighted by molar-refractivity contribution is 7.89. The summed E-state index contributed by atoms with van der Waals surface area (Å²) < 4.78 is 23.9. The first-order chi connectivity index (χ1) is 10.0. The maximum atomic E-state index is 12.0. The molecule has 0 fully saturated rings. The van der Waals surface area contributed by atoms with Crippen LogP contribution in [0.3, 0.4) is 0 Å². The Morgan fingerprint density at radius 1 is 1.29 bits per heavy atom. The molecule has 9 heteroatoms. The number of hydrogen-bond donors (Lipinski definition) is 2. The molecule has 21 heavy (non-hydrogen) atoms. The summed E-state index contributed by atoms with van der Waals surface area (Å²) in [6.07, 6.45) is 3.88. The summed E-state index contributed by atoms with van der Waals surface area (Å²) in [5.74, 6) is -0.747. The molecule has 0 aliphatic carbocycles. The number of hydrazine groups is 1. The van der Waals surface area contributed by atoms with E-state index in [0.717, 1.165) is 0 Å². The lowest BCUT2D eigenvalue weighted by Gasteiger charge is -2.08. The van der Waals surface area contributed by atoms with Gasteiger partial charge in [-0.15, -0.1) is 4.83 Å². The molecule has 106 valence electrons. The highest BCUT2D eigenvalue weighted by Crippen LogP contribution is 2.10. The van der Waals surface area contributed by atoms with Crippen molar-refractivity contribution in [3.05, 3.63) is 54.1 Å². The van der Waals surface area contributed by atoms with Crippen molar-refractivity contribution >= 4 is 15.9 Å². The Morgan fingerprint density at radius 3 is 2.76 bits per heavy atom. The Morgan fingerprint density at radius 2 is 2.10 bits per heavy atom. The molecule has 8 nitrogen and oxygen atoms in total. The Bertz CT molecular complexity index is 799. The molecule has 1 heterocycles. The number of nitrogens with one attached hydrogen (secondary N) is 2. The average molecular weight is 303 g/mol. The molecule has 0 saturated heterocycles. The summed E-state index contributed by atoms with van der Waals surface area (Å²) >= 11 is 0. The van der Waals surface area contributed by atoms with Crippen molar-refractivity contribution in [3.63, 3.8) is 0 Å². The summed E-state index contributed by atoms with van der Waals surface area (Å²) in [4.78, 5) is 20.9. The fraction of sp³-hybridized carbons (Fsp3) is 0. The Hall–Kier alpha value is -2.83. The second-order valence-electron chi connectivity index (χ2n) is 3.79. The standard InChI is InChI=1S/C12H9N5O3S/c13-7-9-2-1-3-10(6-9)21(19,20)17-16-12(18)11-8-14-4-5-15-11/h1-6,8,17H,(H,16,18). The third-order valence-electron chi connectivity index (χ3n) is 2.37. The molecule has 0 saturated carbocycles. The first-order valence-electron chi connectivity index (χ1n) is 5.61. The van der Waals surface area contributed by atoms with Gasteiger partial charge in [0.15, 0.2) is 0 Å². The molecule has 2 aromatic rings. The SMILES string of the molecule is N#Cc1cccc(S(=O)(=O)NNC(=O)c2cnccn2)c1. The molecule has 0 spiro atoms. The van der Waals surface area contributed by atoms with Crippen LogP contribution in [0.4, 0.5) is 0 Å². The van der Waals surface area contributed by atoms with Crippen LogP contribution in [0.5, 0.6) is 0 Å². The summed E-state index contributed by atoms with van der Waals surface area (Å²) in [6.45, 7) is 0. The highest BCUT2D eigenvalue weighted by atomic mass is 32.2. The number of hydrogen-bond acceptors (Lipinski definition) is 6. The molecule has 1 amide bonds. The number of rotatable bonds is 4. The lowest BCUT2D eigenvalue weighted by Crippen LogP contribution is -2.41. The maximum absolute atomic E-state index is 12.0. The van der Waals surface area contributed by atoms with Crippen molar-refractivity contribution in [3.8, 4) is 6.07 Å². The van der Waals surface area contributed by atoms with Crippen molar-refractivity contribution in [2.24, 2.45) is 0 Å². The molecule has 0 aliphatic heterocycles. The van der Waals surface area contributed by atoms with Gasteiger partial charge in [-0.25, -0.2) is 13.4 Å². The second kappa shape index (κ2) is 6.08. The molecule has 0 atom stereocenters. The van der Waals surface area contributed by atoms with Gasteiger partial charge in [-0.3, -0.25) is 15.2 Å². The van der Waals surface area contributed by atoms with Gasteiger partial charge in [0.25, 0.3) is 15.9 Å². The summed E-state index contributed by atoms with van der Waals surface area (Å²) in [7, 11) is -3.98. The Labute approximate surface area is 120 Å². The smallest absolute Gasteiger partial charge is 0.272 e. The van der Waals surface area contributed by atoms with E-state index in [2.05, 4.69) is 9.97 Å². The minimum absolute atomic E-state index is 0.0361. The third kappa shape index (κ3) is 3.59. The molecule has 0 radical (unpaired) electrons. The number of sulfonamides is 1. The van der Waals surface area contributed by atoms with Crippen molar-refractivity contribution < 1.29 is 13.2 Å². The first kappa shape index (κ1) is 14.6. The lowest BCUT2D eigenvalue weighted by atomic mass is 10.2. The minimum atomic E-state index is -3.98. The zero-order chi connectivity index (χ0) is 15.3. The second-order valence-corrected chi connectivity index (χ2v) is 5.47. The van der Waals surface area contributed by atoms with Crippen LogP contribution < -0.4 is 10.3 Å². The van der Waals surface area contributed by atoms with E-state index in [1.165, 1.54) is 42.9 Å². The molecular weight excluding hydrogens is 294 g/mol. The Balaban J connectivity index is 2.12. The molecular formula is C12H9N5O3S. The first-order valence-corrected chi connectivity index (χ1v) is 7.09. The molecule has 0 unspecified atom stereocenters. The number of carbonyl (C=O) groups is 1. The van der Waals surface area contributed by atoms with E-state index < -0.39 is 15.9 Å². The topological polar surface area (TPSA) is 125 Å². The van der Waals surface area contributed by atoms with Crippen LogP contribution >= 0.6 is 0 Å². The average Bonchev–Trinajstić information content (AvgIpc) is 2.53. The summed E-state index contributed by atoms with van der Waals surface area (Å²) in [5, 5.41) is 8.74. The highest BCUT2D eigenvalue weighted by Gasteiger charge is 2.16. The maximum Gasteiger partial charge on any atom is 0.286 e. The van der Waals surface area contributed by atoms with Crippen LogP contribution in [-0.4, -0.2) is 24.3 Å². The monoisotopic (exact) mass is 303 g/mol. The Kier molecular flexibility index (Phi) is 4.22. The summed E-state index contributed by atoms with van der Waals surface area (Å²) in [5.41, 5.74) is 2.17. The number of amides is 1. The number of carbonyl (C=O) groups excluding carboxylic acids is 1. The predicted molar refractivity (Wildman–Crippen MR) is 71.0 cm³/mol. The third-order valence-corrected chi connectivity index (χ3v) is 3.61. The fourth-order valence-corrected chi connectivity index (χ4v) is 2.27. The van der Waals surface area contributed by atoms with Gasteiger partial charge in [-0.2, -0.15) is 5.26 Å². The van der Waals surface area contributed by atoms with Crippen molar-refractivity contribution in [2.45, 2.75) is 4.90 Å². The molecule has 0 bridgehead atoms. The van der Waals surface area contributed by atoms with Gasteiger partial charge in [0, 0.05) is 12.4 Å². The van der Waals surface area contributed by atoms with Crippen LogP contribution in [-0.2, 0) is 10.0 Å². The fourth-order valence-electron chi connectivity index (χ4n) is 1.39. The van der Waals surface area contributed by atoms with E-state index in [-0.39, 0.29) is 16.2 Å². The number of aromatic nitrogens is 2. The molecule has 0 aliphatic rings. The van der Waals surface area contributed by atoms with Gasteiger partial charge in [-0.1, -0.05) is 6.07 Å². The van der Waals surface area contributed by atoms with E-state index in [0.29, 0.717) is 0 Å². The van der Waals surface area contributed by atoms with Crippen LogP contribution in [0.15, 0.2) is 47.8 Å². The van der Waals surface area contributed by atoms with Gasteiger partial charge in [-0.05, 0) is 18.2 Å². The lowest BCUT2D eigenvalue weighted by molar-refractivity contribution is 0.0939. The van der Waals surface area contributed by atoms with Crippen molar-refractivity contribution in [2.75, 3.05) is 0 Å². The van der Waals surface area contributed by atoms with E-state index >= 15 is 0 Å². The molecule has 2 rings (SSSR count). The molecule has 1 aromatic heterocycles. The quantitative estimate of drug-likeness (QED) is 0.764. The number of nitriles is 1. The van der Waals surface area contributed by atoms with E-state index in [1.807, 2.05) is 16.3 Å². The van der Waals surface area contributed by atoms with Gasteiger partial charge >= 0.3 is 0 Å². The van der Waals surface area contributed by atoms with E-state index in [9.17, 15) is 13.2 Å². The van der Waals surface area contributed by atoms with Crippen LogP contribution in [0.25, 0.3) is 0 Å². The van der Waals surface area contributed by atoms with Gasteiger partial charge in [0.1, 0.15) is 5.69 Å². The largest absolute Gasteiger partial charge is 0.286 e. The summed E-state index contributed by atoms with van der Waals surface area (Å²) in [6, 6.07) is 7.22. The number of nitrogens with zero attached hydrogens (tertiary/aromatic N) is 3. The van der Waals surface area contributed by atoms with E-state index in [1.54, 1.807) is 0 Å². The zero-order valence-electron chi connectivity index (χ0n) is 10.5. The number of benzene rings is 1.